The van der Waals surface area contributed by atoms with Crippen molar-refractivity contribution in [2.45, 2.75) is 18.8 Å². The molecule has 0 saturated heterocycles. The van der Waals surface area contributed by atoms with Crippen molar-refractivity contribution in [2.24, 2.45) is 5.73 Å². The summed E-state index contributed by atoms with van der Waals surface area (Å²) in [6, 6.07) is 7.20. The summed E-state index contributed by atoms with van der Waals surface area (Å²) in [5.74, 6) is -0.872. The molecule has 0 aliphatic heterocycles. The van der Waals surface area contributed by atoms with Crippen LogP contribution in [0.2, 0.25) is 5.02 Å². The van der Waals surface area contributed by atoms with Gasteiger partial charge in [0.05, 0.1) is 6.42 Å². The summed E-state index contributed by atoms with van der Waals surface area (Å²) in [6.45, 7) is 2.06. The van der Waals surface area contributed by atoms with Crippen molar-refractivity contribution in [3.8, 4) is 0 Å². The predicted molar refractivity (Wildman–Crippen MR) is 60.1 cm³/mol. The van der Waals surface area contributed by atoms with E-state index in [0.717, 1.165) is 5.56 Å². The Labute approximate surface area is 93.9 Å². The Bertz CT molecular complexity index is 367. The standard InChI is InChI=1S/C11H14ClNO2/c1-11(7-13,6-10(14)15)8-4-2-3-5-9(8)12/h2-5H,6-7,13H2,1H3,(H,14,15). The average molecular weight is 228 g/mol. The van der Waals surface area contributed by atoms with E-state index in [1.807, 2.05) is 25.1 Å². The van der Waals surface area contributed by atoms with Crippen molar-refractivity contribution in [1.29, 1.82) is 0 Å². The summed E-state index contributed by atoms with van der Waals surface area (Å²) in [5.41, 5.74) is 5.82. The second-order valence-electron chi connectivity index (χ2n) is 3.82. The first kappa shape index (κ1) is 12.0. The van der Waals surface area contributed by atoms with Gasteiger partial charge in [0, 0.05) is 17.0 Å². The van der Waals surface area contributed by atoms with Gasteiger partial charge in [0.15, 0.2) is 0 Å². The van der Waals surface area contributed by atoms with Gasteiger partial charge >= 0.3 is 5.97 Å². The Morgan fingerprint density at radius 2 is 2.13 bits per heavy atom. The molecule has 3 nitrogen and oxygen atoms in total. The Morgan fingerprint density at radius 1 is 1.53 bits per heavy atom. The Morgan fingerprint density at radius 3 is 2.60 bits per heavy atom. The largest absolute Gasteiger partial charge is 0.481 e. The Hall–Kier alpha value is -1.06. The van der Waals surface area contributed by atoms with E-state index in [9.17, 15) is 4.79 Å². The first-order valence-electron chi connectivity index (χ1n) is 4.66. The van der Waals surface area contributed by atoms with Crippen molar-refractivity contribution in [1.82, 2.24) is 0 Å². The molecule has 0 aromatic heterocycles. The van der Waals surface area contributed by atoms with Gasteiger partial charge in [-0.05, 0) is 11.6 Å². The monoisotopic (exact) mass is 227 g/mol. The molecule has 1 rings (SSSR count). The molecule has 0 saturated carbocycles. The zero-order valence-electron chi connectivity index (χ0n) is 8.53. The zero-order chi connectivity index (χ0) is 11.5. The molecule has 3 N–H and O–H groups in total. The summed E-state index contributed by atoms with van der Waals surface area (Å²) in [6.07, 6.45) is -0.0206. The molecule has 1 atom stereocenters. The van der Waals surface area contributed by atoms with Crippen LogP contribution in [0.5, 0.6) is 0 Å². The number of rotatable bonds is 4. The maximum Gasteiger partial charge on any atom is 0.304 e. The van der Waals surface area contributed by atoms with Gasteiger partial charge in [-0.1, -0.05) is 36.7 Å². The summed E-state index contributed by atoms with van der Waals surface area (Å²) in [4.78, 5) is 10.8. The third kappa shape index (κ3) is 2.70. The molecule has 0 fully saturated rings. The maximum absolute atomic E-state index is 10.8. The summed E-state index contributed by atoms with van der Waals surface area (Å²) < 4.78 is 0. The summed E-state index contributed by atoms with van der Waals surface area (Å²) in [5, 5.41) is 9.40. The lowest BCUT2D eigenvalue weighted by molar-refractivity contribution is -0.138. The van der Waals surface area contributed by atoms with Crippen LogP contribution in [0, 0.1) is 0 Å². The van der Waals surface area contributed by atoms with E-state index >= 15 is 0 Å². The molecular formula is C11H14ClNO2. The van der Waals surface area contributed by atoms with Gasteiger partial charge in [0.1, 0.15) is 0 Å². The smallest absolute Gasteiger partial charge is 0.304 e. The van der Waals surface area contributed by atoms with Crippen molar-refractivity contribution >= 4 is 17.6 Å². The summed E-state index contributed by atoms with van der Waals surface area (Å²) in [7, 11) is 0. The number of nitrogens with two attached hydrogens (primary N) is 1. The van der Waals surface area contributed by atoms with Crippen LogP contribution in [0.4, 0.5) is 0 Å². The molecule has 0 amide bonds. The SMILES string of the molecule is CC(CN)(CC(=O)O)c1ccccc1Cl. The molecule has 1 unspecified atom stereocenters. The third-order valence-electron chi connectivity index (χ3n) is 2.52. The highest BCUT2D eigenvalue weighted by atomic mass is 35.5. The predicted octanol–water partition coefficient (Wildman–Crippen LogP) is 2.03. The molecule has 82 valence electrons. The first-order chi connectivity index (χ1) is 6.99. The van der Waals surface area contributed by atoms with E-state index in [1.165, 1.54) is 0 Å². The number of aliphatic carboxylic acids is 1. The van der Waals surface area contributed by atoms with Gasteiger partial charge in [-0.2, -0.15) is 0 Å². The van der Waals surface area contributed by atoms with E-state index in [2.05, 4.69) is 0 Å². The van der Waals surface area contributed by atoms with E-state index in [1.54, 1.807) is 6.07 Å². The van der Waals surface area contributed by atoms with Crippen molar-refractivity contribution in [2.75, 3.05) is 6.54 Å². The van der Waals surface area contributed by atoms with E-state index < -0.39 is 11.4 Å². The average Bonchev–Trinajstić information content (AvgIpc) is 2.17. The van der Waals surface area contributed by atoms with Crippen LogP contribution in [0.3, 0.4) is 0 Å². The fourth-order valence-electron chi connectivity index (χ4n) is 1.56. The Kier molecular flexibility index (Phi) is 3.72. The van der Waals surface area contributed by atoms with Crippen LogP contribution in [0.1, 0.15) is 18.9 Å². The lowest BCUT2D eigenvalue weighted by Gasteiger charge is -2.27. The quantitative estimate of drug-likeness (QED) is 0.827. The van der Waals surface area contributed by atoms with Crippen LogP contribution in [0.15, 0.2) is 24.3 Å². The molecule has 0 spiro atoms. The molecular weight excluding hydrogens is 214 g/mol. The van der Waals surface area contributed by atoms with Crippen molar-refractivity contribution in [3.05, 3.63) is 34.9 Å². The van der Waals surface area contributed by atoms with Crippen LogP contribution < -0.4 is 5.73 Å². The number of hydrogen-bond acceptors (Lipinski definition) is 2. The minimum atomic E-state index is -0.872. The minimum absolute atomic E-state index is 0.0206. The fraction of sp³-hybridized carbons (Fsp3) is 0.364. The van der Waals surface area contributed by atoms with Gasteiger partial charge in [0.2, 0.25) is 0 Å². The molecule has 0 bridgehead atoms. The van der Waals surface area contributed by atoms with E-state index in [-0.39, 0.29) is 13.0 Å². The molecule has 0 aliphatic rings. The van der Waals surface area contributed by atoms with Crippen LogP contribution >= 0.6 is 11.6 Å². The van der Waals surface area contributed by atoms with Crippen molar-refractivity contribution in [3.63, 3.8) is 0 Å². The van der Waals surface area contributed by atoms with Gasteiger partial charge < -0.3 is 10.8 Å². The number of benzene rings is 1. The highest BCUT2D eigenvalue weighted by Crippen LogP contribution is 2.31. The molecule has 1 aromatic rings. The van der Waals surface area contributed by atoms with E-state index in [0.29, 0.717) is 5.02 Å². The van der Waals surface area contributed by atoms with Gasteiger partial charge in [0.25, 0.3) is 0 Å². The molecule has 1 aromatic carbocycles. The lowest BCUT2D eigenvalue weighted by atomic mass is 9.79. The highest BCUT2D eigenvalue weighted by molar-refractivity contribution is 6.31. The second-order valence-corrected chi connectivity index (χ2v) is 4.22. The summed E-state index contributed by atoms with van der Waals surface area (Å²) >= 11 is 6.02. The topological polar surface area (TPSA) is 63.3 Å². The first-order valence-corrected chi connectivity index (χ1v) is 5.04. The van der Waals surface area contributed by atoms with Crippen molar-refractivity contribution < 1.29 is 9.90 Å². The van der Waals surface area contributed by atoms with Crippen LogP contribution in [0.25, 0.3) is 0 Å². The number of carboxylic acids is 1. The zero-order valence-corrected chi connectivity index (χ0v) is 9.29. The van der Waals surface area contributed by atoms with E-state index in [4.69, 9.17) is 22.4 Å². The normalized spacial score (nSPS) is 14.6. The van der Waals surface area contributed by atoms with Gasteiger partial charge in [-0.15, -0.1) is 0 Å². The molecule has 0 aliphatic carbocycles. The second kappa shape index (κ2) is 4.64. The molecule has 0 heterocycles. The lowest BCUT2D eigenvalue weighted by Crippen LogP contribution is -2.34. The van der Waals surface area contributed by atoms with Crippen LogP contribution in [-0.4, -0.2) is 17.6 Å². The Balaban J connectivity index is 3.11. The molecule has 0 radical (unpaired) electrons. The number of halogens is 1. The molecule has 15 heavy (non-hydrogen) atoms. The number of hydrogen-bond donors (Lipinski definition) is 2. The molecule has 4 heteroatoms. The minimum Gasteiger partial charge on any atom is -0.481 e. The third-order valence-corrected chi connectivity index (χ3v) is 2.85. The highest BCUT2D eigenvalue weighted by Gasteiger charge is 2.29. The van der Waals surface area contributed by atoms with Gasteiger partial charge in [-0.25, -0.2) is 0 Å². The number of carboxylic acid groups (broad SMARTS) is 1. The fourth-order valence-corrected chi connectivity index (χ4v) is 1.93. The van der Waals surface area contributed by atoms with Gasteiger partial charge in [-0.3, -0.25) is 4.79 Å². The maximum atomic E-state index is 10.8. The van der Waals surface area contributed by atoms with Crippen LogP contribution in [-0.2, 0) is 10.2 Å². The number of carbonyl (C=O) groups is 1.